The molecule has 0 saturated carbocycles. The molecule has 0 aromatic heterocycles. The number of carbonyl (C=O) groups is 1. The molecule has 1 N–H and O–H groups in total. The molecule has 20 heavy (non-hydrogen) atoms. The number of piperidine rings is 1. The van der Waals surface area contributed by atoms with Crippen LogP contribution in [0.4, 0.5) is 4.39 Å². The SMILES string of the molecule is CNC(=O)C1CCCN(Cc2ccc(C#N)cc2F)C1. The highest BCUT2D eigenvalue weighted by molar-refractivity contribution is 5.78. The molecule has 1 saturated heterocycles. The number of hydrogen-bond donors (Lipinski definition) is 1. The Kier molecular flexibility index (Phi) is 4.70. The quantitative estimate of drug-likeness (QED) is 0.912. The molecule has 1 aliphatic heterocycles. The van der Waals surface area contributed by atoms with E-state index in [1.165, 1.54) is 6.07 Å². The Labute approximate surface area is 118 Å². The maximum atomic E-state index is 13.9. The van der Waals surface area contributed by atoms with Crippen molar-refractivity contribution in [2.45, 2.75) is 19.4 Å². The lowest BCUT2D eigenvalue weighted by Crippen LogP contribution is -2.41. The van der Waals surface area contributed by atoms with Crippen LogP contribution in [0.1, 0.15) is 24.0 Å². The van der Waals surface area contributed by atoms with Gasteiger partial charge in [0.05, 0.1) is 17.6 Å². The van der Waals surface area contributed by atoms with E-state index in [4.69, 9.17) is 5.26 Å². The van der Waals surface area contributed by atoms with E-state index < -0.39 is 0 Å². The Hall–Kier alpha value is -1.93. The summed E-state index contributed by atoms with van der Waals surface area (Å²) in [5.41, 5.74) is 0.898. The number of benzene rings is 1. The predicted molar refractivity (Wildman–Crippen MR) is 73.2 cm³/mol. The smallest absolute Gasteiger partial charge is 0.224 e. The molecule has 1 unspecified atom stereocenters. The molecule has 1 amide bonds. The summed E-state index contributed by atoms with van der Waals surface area (Å²) in [5, 5.41) is 11.4. The van der Waals surface area contributed by atoms with Gasteiger partial charge in [-0.25, -0.2) is 4.39 Å². The van der Waals surface area contributed by atoms with Crippen molar-refractivity contribution in [2.75, 3.05) is 20.1 Å². The van der Waals surface area contributed by atoms with Gasteiger partial charge < -0.3 is 5.32 Å². The van der Waals surface area contributed by atoms with Crippen molar-refractivity contribution in [3.8, 4) is 6.07 Å². The third-order valence-electron chi connectivity index (χ3n) is 3.70. The normalized spacial score (nSPS) is 19.4. The monoisotopic (exact) mass is 275 g/mol. The van der Waals surface area contributed by atoms with E-state index in [-0.39, 0.29) is 17.6 Å². The number of likely N-dealkylation sites (tertiary alicyclic amines) is 1. The lowest BCUT2D eigenvalue weighted by Gasteiger charge is -2.31. The number of hydrogen-bond acceptors (Lipinski definition) is 3. The zero-order valence-electron chi connectivity index (χ0n) is 11.5. The van der Waals surface area contributed by atoms with Gasteiger partial charge in [-0.2, -0.15) is 5.26 Å². The molecule has 1 fully saturated rings. The standard InChI is InChI=1S/C15H18FN3O/c1-18-15(20)13-3-2-6-19(10-13)9-12-5-4-11(8-17)7-14(12)16/h4-5,7,13H,2-3,6,9-10H2,1H3,(H,18,20). The lowest BCUT2D eigenvalue weighted by atomic mass is 9.96. The van der Waals surface area contributed by atoms with Crippen LogP contribution in [0.25, 0.3) is 0 Å². The fraction of sp³-hybridized carbons (Fsp3) is 0.467. The molecule has 106 valence electrons. The summed E-state index contributed by atoms with van der Waals surface area (Å²) in [6, 6.07) is 6.45. The van der Waals surface area contributed by atoms with Crippen LogP contribution >= 0.6 is 0 Å². The second kappa shape index (κ2) is 6.49. The molecule has 2 rings (SSSR count). The van der Waals surface area contributed by atoms with Crippen molar-refractivity contribution in [1.29, 1.82) is 5.26 Å². The van der Waals surface area contributed by atoms with Crippen LogP contribution in [-0.4, -0.2) is 30.9 Å². The fourth-order valence-corrected chi connectivity index (χ4v) is 2.60. The predicted octanol–water partition coefficient (Wildman–Crippen LogP) is 1.66. The van der Waals surface area contributed by atoms with Crippen LogP contribution in [0, 0.1) is 23.1 Å². The molecule has 0 radical (unpaired) electrons. The van der Waals surface area contributed by atoms with Crippen LogP contribution in [-0.2, 0) is 11.3 Å². The number of amides is 1. The van der Waals surface area contributed by atoms with Crippen molar-refractivity contribution in [3.05, 3.63) is 35.1 Å². The Morgan fingerprint density at radius 1 is 1.60 bits per heavy atom. The summed E-state index contributed by atoms with van der Waals surface area (Å²) in [7, 11) is 1.64. The van der Waals surface area contributed by atoms with E-state index >= 15 is 0 Å². The van der Waals surface area contributed by atoms with Gasteiger partial charge in [0.25, 0.3) is 0 Å². The molecule has 1 aromatic rings. The minimum Gasteiger partial charge on any atom is -0.359 e. The first-order valence-electron chi connectivity index (χ1n) is 6.76. The van der Waals surface area contributed by atoms with Gasteiger partial charge in [-0.15, -0.1) is 0 Å². The van der Waals surface area contributed by atoms with Gasteiger partial charge in [0.2, 0.25) is 5.91 Å². The first-order chi connectivity index (χ1) is 9.63. The first-order valence-corrected chi connectivity index (χ1v) is 6.76. The molecular formula is C15H18FN3O. The molecular weight excluding hydrogens is 257 g/mol. The van der Waals surface area contributed by atoms with E-state index in [0.717, 1.165) is 19.4 Å². The number of nitrogens with one attached hydrogen (secondary N) is 1. The largest absolute Gasteiger partial charge is 0.359 e. The number of rotatable bonds is 3. The topological polar surface area (TPSA) is 56.1 Å². The van der Waals surface area contributed by atoms with E-state index in [0.29, 0.717) is 24.2 Å². The summed E-state index contributed by atoms with van der Waals surface area (Å²) in [4.78, 5) is 13.8. The van der Waals surface area contributed by atoms with Crippen molar-refractivity contribution < 1.29 is 9.18 Å². The maximum Gasteiger partial charge on any atom is 0.224 e. The summed E-state index contributed by atoms with van der Waals surface area (Å²) >= 11 is 0. The summed E-state index contributed by atoms with van der Waals surface area (Å²) < 4.78 is 13.9. The van der Waals surface area contributed by atoms with Gasteiger partial charge in [-0.05, 0) is 31.5 Å². The minimum absolute atomic E-state index is 0.0183. The first kappa shape index (κ1) is 14.5. The lowest BCUT2D eigenvalue weighted by molar-refractivity contribution is -0.126. The summed E-state index contributed by atoms with van der Waals surface area (Å²) in [6.45, 7) is 2.00. The molecule has 0 spiro atoms. The minimum atomic E-state index is -0.355. The van der Waals surface area contributed by atoms with E-state index in [2.05, 4.69) is 10.2 Å². The molecule has 1 heterocycles. The van der Waals surface area contributed by atoms with Gasteiger partial charge in [0.15, 0.2) is 0 Å². The molecule has 4 nitrogen and oxygen atoms in total. The zero-order chi connectivity index (χ0) is 14.5. The third-order valence-corrected chi connectivity index (χ3v) is 3.70. The second-order valence-corrected chi connectivity index (χ2v) is 5.11. The molecule has 0 aliphatic carbocycles. The van der Waals surface area contributed by atoms with Crippen molar-refractivity contribution in [3.63, 3.8) is 0 Å². The van der Waals surface area contributed by atoms with E-state index in [9.17, 15) is 9.18 Å². The van der Waals surface area contributed by atoms with Crippen molar-refractivity contribution in [1.82, 2.24) is 10.2 Å². The van der Waals surface area contributed by atoms with E-state index in [1.807, 2.05) is 6.07 Å². The maximum absolute atomic E-state index is 13.9. The fourth-order valence-electron chi connectivity index (χ4n) is 2.60. The van der Waals surface area contributed by atoms with Crippen LogP contribution in [0.2, 0.25) is 0 Å². The Morgan fingerprint density at radius 3 is 3.05 bits per heavy atom. The van der Waals surface area contributed by atoms with Crippen molar-refractivity contribution in [2.24, 2.45) is 5.92 Å². The van der Waals surface area contributed by atoms with Gasteiger partial charge in [-0.1, -0.05) is 6.07 Å². The average molecular weight is 275 g/mol. The number of nitriles is 1. The summed E-state index contributed by atoms with van der Waals surface area (Å²) in [5.74, 6) is -0.323. The van der Waals surface area contributed by atoms with Crippen LogP contribution in [0.5, 0.6) is 0 Å². The Balaban J connectivity index is 2.03. The molecule has 1 aromatic carbocycles. The molecule has 0 bridgehead atoms. The molecule has 1 aliphatic rings. The van der Waals surface area contributed by atoms with Gasteiger partial charge in [0, 0.05) is 25.7 Å². The average Bonchev–Trinajstić information content (AvgIpc) is 2.48. The van der Waals surface area contributed by atoms with Crippen LogP contribution in [0.15, 0.2) is 18.2 Å². The molecule has 5 heteroatoms. The third kappa shape index (κ3) is 3.34. The summed E-state index contributed by atoms with van der Waals surface area (Å²) in [6.07, 6.45) is 1.82. The van der Waals surface area contributed by atoms with Crippen molar-refractivity contribution >= 4 is 5.91 Å². The van der Waals surface area contributed by atoms with Gasteiger partial charge in [-0.3, -0.25) is 9.69 Å². The highest BCUT2D eigenvalue weighted by atomic mass is 19.1. The van der Waals surface area contributed by atoms with Crippen LogP contribution < -0.4 is 5.32 Å². The van der Waals surface area contributed by atoms with Gasteiger partial charge in [0.1, 0.15) is 5.82 Å². The Morgan fingerprint density at radius 2 is 2.40 bits per heavy atom. The second-order valence-electron chi connectivity index (χ2n) is 5.11. The van der Waals surface area contributed by atoms with Crippen LogP contribution in [0.3, 0.4) is 0 Å². The number of nitrogens with zero attached hydrogens (tertiary/aromatic N) is 2. The number of halogens is 1. The van der Waals surface area contributed by atoms with E-state index in [1.54, 1.807) is 19.2 Å². The zero-order valence-corrected chi connectivity index (χ0v) is 11.5. The highest BCUT2D eigenvalue weighted by Crippen LogP contribution is 2.20. The van der Waals surface area contributed by atoms with Gasteiger partial charge >= 0.3 is 0 Å². The highest BCUT2D eigenvalue weighted by Gasteiger charge is 2.25. The number of carbonyl (C=O) groups excluding carboxylic acids is 1. The Bertz CT molecular complexity index is 538. The molecule has 1 atom stereocenters.